The number of nitrogens with zero attached hydrogens (tertiary/aromatic N) is 2. The van der Waals surface area contributed by atoms with Crippen LogP contribution < -0.4 is 5.32 Å². The van der Waals surface area contributed by atoms with Crippen LogP contribution in [0.5, 0.6) is 0 Å². The van der Waals surface area contributed by atoms with E-state index in [2.05, 4.69) is 27.3 Å². The molecule has 3 rings (SSSR count). The van der Waals surface area contributed by atoms with E-state index in [-0.39, 0.29) is 11.9 Å². The molecule has 2 heterocycles. The molecular weight excluding hydrogens is 276 g/mol. The van der Waals surface area contributed by atoms with Crippen molar-refractivity contribution in [2.75, 3.05) is 19.6 Å². The molecule has 0 aliphatic carbocycles. The minimum Gasteiger partial charge on any atom is -0.348 e. The summed E-state index contributed by atoms with van der Waals surface area (Å²) in [6.07, 6.45) is 2.03. The minimum absolute atomic E-state index is 0.0652. The van der Waals surface area contributed by atoms with E-state index in [1.807, 2.05) is 36.4 Å². The Bertz CT molecular complexity index is 615. The number of amides is 1. The van der Waals surface area contributed by atoms with Crippen molar-refractivity contribution in [3.8, 4) is 11.3 Å². The second-order valence-electron chi connectivity index (χ2n) is 5.71. The van der Waals surface area contributed by atoms with Gasteiger partial charge in [0.1, 0.15) is 5.69 Å². The van der Waals surface area contributed by atoms with Crippen molar-refractivity contribution in [3.05, 3.63) is 42.1 Å². The van der Waals surface area contributed by atoms with E-state index >= 15 is 0 Å². The van der Waals surface area contributed by atoms with Gasteiger partial charge in [0.15, 0.2) is 0 Å². The summed E-state index contributed by atoms with van der Waals surface area (Å²) in [4.78, 5) is 14.7. The fraction of sp³-hybridized carbons (Fsp3) is 0.412. The Hall–Kier alpha value is -2.14. The number of likely N-dealkylation sites (tertiary alicyclic amines) is 1. The fourth-order valence-corrected chi connectivity index (χ4v) is 2.85. The molecule has 0 bridgehead atoms. The van der Waals surface area contributed by atoms with E-state index in [1.165, 1.54) is 0 Å². The molecule has 0 atom stereocenters. The zero-order chi connectivity index (χ0) is 15.4. The lowest BCUT2D eigenvalue weighted by atomic mass is 10.0. The van der Waals surface area contributed by atoms with Crippen LogP contribution >= 0.6 is 0 Å². The van der Waals surface area contributed by atoms with Crippen LogP contribution in [0.1, 0.15) is 30.3 Å². The smallest absolute Gasteiger partial charge is 0.269 e. The van der Waals surface area contributed by atoms with Gasteiger partial charge in [-0.15, -0.1) is 0 Å². The molecule has 0 unspecified atom stereocenters. The van der Waals surface area contributed by atoms with Crippen LogP contribution in [0.15, 0.2) is 36.4 Å². The molecule has 5 heteroatoms. The van der Waals surface area contributed by atoms with E-state index in [1.54, 1.807) is 0 Å². The second-order valence-corrected chi connectivity index (χ2v) is 5.71. The summed E-state index contributed by atoms with van der Waals surface area (Å²) >= 11 is 0. The molecule has 0 saturated carbocycles. The van der Waals surface area contributed by atoms with E-state index < -0.39 is 0 Å². The number of carbonyl (C=O) groups excluding carboxylic acids is 1. The van der Waals surface area contributed by atoms with Gasteiger partial charge in [0.25, 0.3) is 5.91 Å². The number of carbonyl (C=O) groups is 1. The highest BCUT2D eigenvalue weighted by atomic mass is 16.2. The lowest BCUT2D eigenvalue weighted by Gasteiger charge is -2.31. The molecule has 5 nitrogen and oxygen atoms in total. The second kappa shape index (κ2) is 6.75. The predicted octanol–water partition coefficient (Wildman–Crippen LogP) is 2.29. The molecule has 0 spiro atoms. The molecule has 0 radical (unpaired) electrons. The highest BCUT2D eigenvalue weighted by molar-refractivity contribution is 5.93. The lowest BCUT2D eigenvalue weighted by Crippen LogP contribution is -2.44. The van der Waals surface area contributed by atoms with Gasteiger partial charge in [-0.3, -0.25) is 9.89 Å². The summed E-state index contributed by atoms with van der Waals surface area (Å²) in [5.41, 5.74) is 2.33. The molecule has 1 amide bonds. The van der Waals surface area contributed by atoms with Gasteiger partial charge in [-0.2, -0.15) is 5.10 Å². The van der Waals surface area contributed by atoms with Gasteiger partial charge in [0.05, 0.1) is 5.69 Å². The monoisotopic (exact) mass is 298 g/mol. The zero-order valence-corrected chi connectivity index (χ0v) is 12.9. The summed E-state index contributed by atoms with van der Waals surface area (Å²) in [6, 6.07) is 11.9. The number of aromatic amines is 1. The SMILES string of the molecule is CCN1CCC(NC(=O)c2cc(-c3ccccc3)n[nH]2)CC1. The summed E-state index contributed by atoms with van der Waals surface area (Å²) < 4.78 is 0. The maximum absolute atomic E-state index is 12.3. The normalized spacial score (nSPS) is 16.6. The van der Waals surface area contributed by atoms with Gasteiger partial charge in [-0.25, -0.2) is 0 Å². The Kier molecular flexibility index (Phi) is 4.53. The number of H-pyrrole nitrogens is 1. The maximum atomic E-state index is 12.3. The number of hydrogen-bond acceptors (Lipinski definition) is 3. The molecule has 1 aromatic heterocycles. The largest absolute Gasteiger partial charge is 0.348 e. The third-order valence-electron chi connectivity index (χ3n) is 4.26. The highest BCUT2D eigenvalue weighted by Gasteiger charge is 2.21. The van der Waals surface area contributed by atoms with Gasteiger partial charge in [0, 0.05) is 24.7 Å². The Balaban J connectivity index is 1.60. The standard InChI is InChI=1S/C17H22N4O/c1-2-21-10-8-14(9-11-21)18-17(22)16-12-15(19-20-16)13-6-4-3-5-7-13/h3-7,12,14H,2,8-11H2,1H3,(H,18,22)(H,19,20). The number of nitrogens with one attached hydrogen (secondary N) is 2. The Morgan fingerprint density at radius 3 is 2.73 bits per heavy atom. The third kappa shape index (κ3) is 3.36. The average molecular weight is 298 g/mol. The number of piperidine rings is 1. The Morgan fingerprint density at radius 1 is 1.32 bits per heavy atom. The van der Waals surface area contributed by atoms with Gasteiger partial charge in [0.2, 0.25) is 0 Å². The number of benzene rings is 1. The van der Waals surface area contributed by atoms with Crippen molar-refractivity contribution in [1.82, 2.24) is 20.4 Å². The first-order valence-corrected chi connectivity index (χ1v) is 7.90. The van der Waals surface area contributed by atoms with Gasteiger partial charge < -0.3 is 10.2 Å². The fourth-order valence-electron chi connectivity index (χ4n) is 2.85. The van der Waals surface area contributed by atoms with Gasteiger partial charge >= 0.3 is 0 Å². The van der Waals surface area contributed by atoms with Crippen molar-refractivity contribution in [3.63, 3.8) is 0 Å². The quantitative estimate of drug-likeness (QED) is 0.910. The molecule has 1 aromatic carbocycles. The highest BCUT2D eigenvalue weighted by Crippen LogP contribution is 2.17. The number of hydrogen-bond donors (Lipinski definition) is 2. The molecule has 2 aromatic rings. The van der Waals surface area contributed by atoms with Gasteiger partial charge in [-0.1, -0.05) is 37.3 Å². The van der Waals surface area contributed by atoms with Crippen molar-refractivity contribution in [2.45, 2.75) is 25.8 Å². The maximum Gasteiger partial charge on any atom is 0.269 e. The predicted molar refractivity (Wildman–Crippen MR) is 86.6 cm³/mol. The van der Waals surface area contributed by atoms with Crippen molar-refractivity contribution in [1.29, 1.82) is 0 Å². The van der Waals surface area contributed by atoms with Crippen LogP contribution in [0.3, 0.4) is 0 Å². The molecular formula is C17H22N4O. The Labute approximate surface area is 130 Å². The van der Waals surface area contributed by atoms with Gasteiger partial charge in [-0.05, 0) is 25.5 Å². The first-order valence-electron chi connectivity index (χ1n) is 7.90. The molecule has 1 aliphatic heterocycles. The summed E-state index contributed by atoms with van der Waals surface area (Å²) in [5, 5.41) is 10.2. The summed E-state index contributed by atoms with van der Waals surface area (Å²) in [6.45, 7) is 5.37. The van der Waals surface area contributed by atoms with E-state index in [0.717, 1.165) is 43.7 Å². The third-order valence-corrected chi connectivity index (χ3v) is 4.26. The lowest BCUT2D eigenvalue weighted by molar-refractivity contribution is 0.0907. The number of aromatic nitrogens is 2. The molecule has 116 valence electrons. The minimum atomic E-state index is -0.0652. The van der Waals surface area contributed by atoms with Crippen LogP contribution in [0.25, 0.3) is 11.3 Å². The molecule has 2 N–H and O–H groups in total. The molecule has 1 saturated heterocycles. The van der Waals surface area contributed by atoms with Crippen LogP contribution in [0, 0.1) is 0 Å². The van der Waals surface area contributed by atoms with Crippen LogP contribution in [-0.2, 0) is 0 Å². The topological polar surface area (TPSA) is 61.0 Å². The first-order chi connectivity index (χ1) is 10.8. The molecule has 1 aliphatic rings. The van der Waals surface area contributed by atoms with E-state index in [0.29, 0.717) is 5.69 Å². The summed E-state index contributed by atoms with van der Waals surface area (Å²) in [5.74, 6) is -0.0652. The van der Waals surface area contributed by atoms with Crippen LogP contribution in [0.2, 0.25) is 0 Å². The van der Waals surface area contributed by atoms with E-state index in [9.17, 15) is 4.79 Å². The van der Waals surface area contributed by atoms with Crippen molar-refractivity contribution < 1.29 is 4.79 Å². The van der Waals surface area contributed by atoms with Crippen LogP contribution in [0.4, 0.5) is 0 Å². The first kappa shape index (κ1) is 14.8. The van der Waals surface area contributed by atoms with Crippen molar-refractivity contribution >= 4 is 5.91 Å². The average Bonchev–Trinajstić information content (AvgIpc) is 3.06. The Morgan fingerprint density at radius 2 is 2.05 bits per heavy atom. The number of rotatable bonds is 4. The van der Waals surface area contributed by atoms with Crippen molar-refractivity contribution in [2.24, 2.45) is 0 Å². The summed E-state index contributed by atoms with van der Waals surface area (Å²) in [7, 11) is 0. The zero-order valence-electron chi connectivity index (χ0n) is 12.9. The molecule has 1 fully saturated rings. The molecule has 22 heavy (non-hydrogen) atoms. The van der Waals surface area contributed by atoms with Crippen LogP contribution in [-0.4, -0.2) is 46.7 Å². The van der Waals surface area contributed by atoms with E-state index in [4.69, 9.17) is 0 Å².